The molecule has 2 aromatic carbocycles. The maximum absolute atomic E-state index is 13.1. The van der Waals surface area contributed by atoms with Crippen LogP contribution in [0.4, 0.5) is 11.5 Å². The van der Waals surface area contributed by atoms with Crippen LogP contribution in [0.1, 0.15) is 24.6 Å². The summed E-state index contributed by atoms with van der Waals surface area (Å²) < 4.78 is 7.16. The average Bonchev–Trinajstić information content (AvgIpc) is 3.59. The summed E-state index contributed by atoms with van der Waals surface area (Å²) in [5.74, 6) is 0.645. The molecule has 1 N–H and O–H groups in total. The number of anilines is 2. The van der Waals surface area contributed by atoms with Crippen LogP contribution in [0.3, 0.4) is 0 Å². The number of amides is 2. The third kappa shape index (κ3) is 4.87. The molecule has 1 aliphatic heterocycles. The van der Waals surface area contributed by atoms with Gasteiger partial charge in [-0.1, -0.05) is 17.7 Å². The minimum absolute atomic E-state index is 0.0522. The van der Waals surface area contributed by atoms with Gasteiger partial charge in [0.25, 0.3) is 0 Å². The van der Waals surface area contributed by atoms with Gasteiger partial charge in [-0.05, 0) is 57.2 Å². The monoisotopic (exact) mass is 501 g/mol. The zero-order valence-electron chi connectivity index (χ0n) is 20.4. The molecular formula is C27H27N5O3S. The normalized spacial score (nSPS) is 15.4. The van der Waals surface area contributed by atoms with E-state index in [1.807, 2.05) is 80.7 Å². The SMILES string of the molecule is CCOc1ccc(-c2csc(-n3nc(C)cc3NC(=O)C3CC(=O)N(c4ccc(C)cc4)C3)n2)cc1. The number of aryl methyl sites for hydroxylation is 2. The molecule has 9 heteroatoms. The second kappa shape index (κ2) is 9.94. The number of nitrogens with one attached hydrogen (secondary N) is 1. The zero-order chi connectivity index (χ0) is 25.2. The molecule has 1 atom stereocenters. The third-order valence-electron chi connectivity index (χ3n) is 6.06. The van der Waals surface area contributed by atoms with Crippen LogP contribution >= 0.6 is 11.3 Å². The molecule has 2 amide bonds. The van der Waals surface area contributed by atoms with Crippen molar-refractivity contribution in [2.75, 3.05) is 23.4 Å². The van der Waals surface area contributed by atoms with Gasteiger partial charge in [-0.2, -0.15) is 9.78 Å². The van der Waals surface area contributed by atoms with Gasteiger partial charge in [0.15, 0.2) is 0 Å². The second-order valence-corrected chi connectivity index (χ2v) is 9.62. The first-order chi connectivity index (χ1) is 17.4. The van der Waals surface area contributed by atoms with E-state index in [9.17, 15) is 9.59 Å². The van der Waals surface area contributed by atoms with Gasteiger partial charge in [0, 0.05) is 35.7 Å². The van der Waals surface area contributed by atoms with Gasteiger partial charge in [0.05, 0.1) is 23.9 Å². The van der Waals surface area contributed by atoms with Gasteiger partial charge >= 0.3 is 0 Å². The Morgan fingerprint density at radius 2 is 1.89 bits per heavy atom. The molecule has 4 aromatic rings. The van der Waals surface area contributed by atoms with Gasteiger partial charge in [0.2, 0.25) is 16.9 Å². The van der Waals surface area contributed by atoms with Gasteiger partial charge in [0.1, 0.15) is 11.6 Å². The van der Waals surface area contributed by atoms with E-state index in [4.69, 9.17) is 9.72 Å². The van der Waals surface area contributed by atoms with Gasteiger partial charge in [-0.3, -0.25) is 9.59 Å². The Morgan fingerprint density at radius 3 is 2.61 bits per heavy atom. The molecule has 0 radical (unpaired) electrons. The van der Waals surface area contributed by atoms with Crippen LogP contribution in [0.15, 0.2) is 60.0 Å². The Labute approximate surface area is 213 Å². The van der Waals surface area contributed by atoms with Crippen LogP contribution in [0.5, 0.6) is 5.75 Å². The molecule has 8 nitrogen and oxygen atoms in total. The summed E-state index contributed by atoms with van der Waals surface area (Å²) in [5.41, 5.74) is 4.48. The van der Waals surface area contributed by atoms with Gasteiger partial charge < -0.3 is 15.0 Å². The first-order valence-electron chi connectivity index (χ1n) is 11.8. The van der Waals surface area contributed by atoms with Gasteiger partial charge in [-0.25, -0.2) is 4.98 Å². The first kappa shape index (κ1) is 23.7. The van der Waals surface area contributed by atoms with Crippen molar-refractivity contribution < 1.29 is 14.3 Å². The molecule has 2 aromatic heterocycles. The highest BCUT2D eigenvalue weighted by Crippen LogP contribution is 2.29. The highest BCUT2D eigenvalue weighted by atomic mass is 32.1. The molecule has 0 saturated carbocycles. The highest BCUT2D eigenvalue weighted by Gasteiger charge is 2.35. The van der Waals surface area contributed by atoms with E-state index in [-0.39, 0.29) is 18.2 Å². The van der Waals surface area contributed by atoms with Crippen molar-refractivity contribution in [3.63, 3.8) is 0 Å². The van der Waals surface area contributed by atoms with Crippen LogP contribution in [-0.4, -0.2) is 39.7 Å². The lowest BCUT2D eigenvalue weighted by molar-refractivity contribution is -0.122. The molecular weight excluding hydrogens is 474 g/mol. The van der Waals surface area contributed by atoms with E-state index in [1.165, 1.54) is 11.3 Å². The standard InChI is InChI=1S/C27H27N5O3S/c1-4-35-22-11-7-19(8-12-22)23-16-36-27(28-23)32-24(13-18(3)30-32)29-26(34)20-14-25(33)31(15-20)21-9-5-17(2)6-10-21/h5-13,16,20H,4,14-15H2,1-3H3,(H,29,34). The predicted octanol–water partition coefficient (Wildman–Crippen LogP) is 5.00. The molecule has 5 rings (SSSR count). The number of carbonyl (C=O) groups excluding carboxylic acids is 2. The molecule has 1 fully saturated rings. The molecule has 1 unspecified atom stereocenters. The van der Waals surface area contributed by atoms with E-state index in [2.05, 4.69) is 10.4 Å². The van der Waals surface area contributed by atoms with Crippen molar-refractivity contribution in [2.24, 2.45) is 5.92 Å². The molecule has 184 valence electrons. The van der Waals surface area contributed by atoms with E-state index < -0.39 is 5.92 Å². The summed E-state index contributed by atoms with van der Waals surface area (Å²) in [7, 11) is 0. The zero-order valence-corrected chi connectivity index (χ0v) is 21.2. The number of hydrogen-bond acceptors (Lipinski definition) is 6. The smallest absolute Gasteiger partial charge is 0.230 e. The van der Waals surface area contributed by atoms with E-state index in [0.717, 1.165) is 34.0 Å². The molecule has 0 bridgehead atoms. The van der Waals surface area contributed by atoms with Crippen LogP contribution in [0.2, 0.25) is 0 Å². The maximum atomic E-state index is 13.1. The summed E-state index contributed by atoms with van der Waals surface area (Å²) in [6, 6.07) is 17.3. The number of aromatic nitrogens is 3. The largest absolute Gasteiger partial charge is 0.494 e. The van der Waals surface area contributed by atoms with Crippen molar-refractivity contribution >= 4 is 34.7 Å². The summed E-state index contributed by atoms with van der Waals surface area (Å²) in [6.07, 6.45) is 0.173. The van der Waals surface area contributed by atoms with Crippen molar-refractivity contribution in [3.05, 3.63) is 71.2 Å². The Bertz CT molecular complexity index is 1390. The van der Waals surface area contributed by atoms with E-state index in [0.29, 0.717) is 24.1 Å². The van der Waals surface area contributed by atoms with Crippen molar-refractivity contribution in [2.45, 2.75) is 27.2 Å². The fourth-order valence-corrected chi connectivity index (χ4v) is 5.00. The Hall–Kier alpha value is -3.98. The highest BCUT2D eigenvalue weighted by molar-refractivity contribution is 7.12. The summed E-state index contributed by atoms with van der Waals surface area (Å²) >= 11 is 1.44. The Morgan fingerprint density at radius 1 is 1.14 bits per heavy atom. The van der Waals surface area contributed by atoms with E-state index in [1.54, 1.807) is 9.58 Å². The fourth-order valence-electron chi connectivity index (χ4n) is 4.20. The molecule has 1 aliphatic rings. The van der Waals surface area contributed by atoms with Crippen molar-refractivity contribution in [3.8, 4) is 22.1 Å². The number of ether oxygens (including phenoxy) is 1. The number of nitrogens with zero attached hydrogens (tertiary/aromatic N) is 4. The molecule has 0 aliphatic carbocycles. The van der Waals surface area contributed by atoms with Crippen LogP contribution in [-0.2, 0) is 9.59 Å². The van der Waals surface area contributed by atoms with Crippen LogP contribution in [0, 0.1) is 19.8 Å². The molecule has 36 heavy (non-hydrogen) atoms. The average molecular weight is 502 g/mol. The lowest BCUT2D eigenvalue weighted by Crippen LogP contribution is -2.28. The Balaban J connectivity index is 1.31. The lowest BCUT2D eigenvalue weighted by atomic mass is 10.1. The Kier molecular flexibility index (Phi) is 6.56. The number of carbonyl (C=O) groups is 2. The molecule has 0 spiro atoms. The quantitative estimate of drug-likeness (QED) is 0.385. The number of thiazole rings is 1. The number of rotatable bonds is 7. The topological polar surface area (TPSA) is 89.3 Å². The van der Waals surface area contributed by atoms with Crippen molar-refractivity contribution in [1.29, 1.82) is 0 Å². The van der Waals surface area contributed by atoms with Crippen LogP contribution < -0.4 is 15.0 Å². The lowest BCUT2D eigenvalue weighted by Gasteiger charge is -2.17. The van der Waals surface area contributed by atoms with E-state index >= 15 is 0 Å². The van der Waals surface area contributed by atoms with Crippen molar-refractivity contribution in [1.82, 2.24) is 14.8 Å². The fraction of sp³-hybridized carbons (Fsp3) is 0.259. The summed E-state index contributed by atoms with van der Waals surface area (Å²) in [4.78, 5) is 32.2. The first-order valence-corrected chi connectivity index (χ1v) is 12.7. The predicted molar refractivity (Wildman–Crippen MR) is 141 cm³/mol. The molecule has 3 heterocycles. The minimum Gasteiger partial charge on any atom is -0.494 e. The van der Waals surface area contributed by atoms with Gasteiger partial charge in [-0.15, -0.1) is 11.3 Å². The minimum atomic E-state index is -0.446. The maximum Gasteiger partial charge on any atom is 0.230 e. The second-order valence-electron chi connectivity index (χ2n) is 8.79. The third-order valence-corrected chi connectivity index (χ3v) is 6.87. The molecule has 1 saturated heterocycles. The summed E-state index contributed by atoms with van der Waals surface area (Å²) in [5, 5.41) is 10.1. The number of benzene rings is 2. The number of hydrogen-bond donors (Lipinski definition) is 1. The van der Waals surface area contributed by atoms with Crippen LogP contribution in [0.25, 0.3) is 16.4 Å². The summed E-state index contributed by atoms with van der Waals surface area (Å²) in [6.45, 7) is 6.78.